The van der Waals surface area contributed by atoms with Crippen molar-refractivity contribution in [2.24, 2.45) is 0 Å². The lowest BCUT2D eigenvalue weighted by molar-refractivity contribution is 0.0983. The fourth-order valence-corrected chi connectivity index (χ4v) is 1.68. The van der Waals surface area contributed by atoms with Crippen molar-refractivity contribution in [3.8, 4) is 0 Å². The number of carbonyl (C=O) groups excluding carboxylic acids is 1. The fraction of sp³-hybridized carbons (Fsp3) is 0.444. The molecule has 0 aliphatic heterocycles. The number of thiophene rings is 1. The molecule has 1 rings (SSSR count). The number of ketones is 1. The first-order valence-electron chi connectivity index (χ1n) is 3.97. The molecule has 0 bridgehead atoms. The predicted octanol–water partition coefficient (Wildman–Crippen LogP) is 1.85. The molecule has 0 aliphatic rings. The van der Waals surface area contributed by atoms with Crippen LogP contribution in [-0.2, 0) is 0 Å². The minimum Gasteiger partial charge on any atom is -0.319 e. The molecule has 1 N–H and O–H groups in total. The van der Waals surface area contributed by atoms with Gasteiger partial charge in [0.05, 0.1) is 0 Å². The zero-order valence-electron chi connectivity index (χ0n) is 7.39. The first kappa shape index (κ1) is 9.42. The molecule has 0 aliphatic carbocycles. The van der Waals surface area contributed by atoms with Gasteiger partial charge >= 0.3 is 0 Å². The number of Topliss-reactive ketones (excluding diaryl/α,β-unsaturated/α-hetero) is 1. The average Bonchev–Trinajstić information content (AvgIpc) is 2.47. The zero-order valence-corrected chi connectivity index (χ0v) is 8.20. The molecular weight excluding hydrogens is 170 g/mol. The van der Waals surface area contributed by atoms with Gasteiger partial charge in [0, 0.05) is 28.8 Å². The van der Waals surface area contributed by atoms with Gasteiger partial charge in [-0.1, -0.05) is 0 Å². The van der Waals surface area contributed by atoms with Crippen LogP contribution in [0.4, 0.5) is 0 Å². The highest BCUT2D eigenvalue weighted by Crippen LogP contribution is 2.14. The molecule has 0 saturated carbocycles. The Morgan fingerprint density at radius 2 is 2.42 bits per heavy atom. The van der Waals surface area contributed by atoms with Crippen molar-refractivity contribution in [1.82, 2.24) is 5.32 Å². The molecule has 0 fully saturated rings. The number of carbonyl (C=O) groups is 1. The van der Waals surface area contributed by atoms with Gasteiger partial charge in [0.2, 0.25) is 0 Å². The molecule has 0 atom stereocenters. The largest absolute Gasteiger partial charge is 0.319 e. The summed E-state index contributed by atoms with van der Waals surface area (Å²) in [7, 11) is 1.85. The van der Waals surface area contributed by atoms with E-state index in [2.05, 4.69) is 5.32 Å². The van der Waals surface area contributed by atoms with Crippen molar-refractivity contribution >= 4 is 17.1 Å². The third-order valence-corrected chi connectivity index (χ3v) is 2.52. The number of aryl methyl sites for hydroxylation is 1. The topological polar surface area (TPSA) is 29.1 Å². The second-order valence-corrected chi connectivity index (χ2v) is 3.84. The Kier molecular flexibility index (Phi) is 3.44. The van der Waals surface area contributed by atoms with Crippen molar-refractivity contribution in [2.75, 3.05) is 13.6 Å². The van der Waals surface area contributed by atoms with E-state index >= 15 is 0 Å². The number of hydrogen-bond acceptors (Lipinski definition) is 3. The summed E-state index contributed by atoms with van der Waals surface area (Å²) in [5, 5.41) is 4.88. The first-order chi connectivity index (χ1) is 5.74. The van der Waals surface area contributed by atoms with E-state index in [0.29, 0.717) is 6.42 Å². The quantitative estimate of drug-likeness (QED) is 0.722. The van der Waals surface area contributed by atoms with Gasteiger partial charge in [-0.3, -0.25) is 4.79 Å². The van der Waals surface area contributed by atoms with Crippen LogP contribution in [0.3, 0.4) is 0 Å². The van der Waals surface area contributed by atoms with Crippen molar-refractivity contribution < 1.29 is 4.79 Å². The third kappa shape index (κ3) is 2.43. The maximum atomic E-state index is 11.4. The number of nitrogens with one attached hydrogen (secondary N) is 1. The van der Waals surface area contributed by atoms with Crippen LogP contribution in [-0.4, -0.2) is 19.4 Å². The lowest BCUT2D eigenvalue weighted by atomic mass is 10.1. The van der Waals surface area contributed by atoms with Gasteiger partial charge in [0.1, 0.15) is 0 Å². The summed E-state index contributed by atoms with van der Waals surface area (Å²) >= 11 is 1.62. The minimum atomic E-state index is 0.230. The van der Waals surface area contributed by atoms with Crippen LogP contribution in [0.1, 0.15) is 21.7 Å². The second kappa shape index (κ2) is 4.38. The third-order valence-electron chi connectivity index (χ3n) is 1.65. The highest BCUT2D eigenvalue weighted by atomic mass is 32.1. The molecule has 3 heteroatoms. The molecule has 2 nitrogen and oxygen atoms in total. The summed E-state index contributed by atoms with van der Waals surface area (Å²) in [6.45, 7) is 2.77. The summed E-state index contributed by atoms with van der Waals surface area (Å²) in [4.78, 5) is 12.6. The van der Waals surface area contributed by atoms with Gasteiger partial charge in [-0.25, -0.2) is 0 Å². The van der Waals surface area contributed by atoms with Crippen LogP contribution in [0.25, 0.3) is 0 Å². The molecule has 0 unspecified atom stereocenters. The normalized spacial score (nSPS) is 10.2. The maximum absolute atomic E-state index is 11.4. The van der Waals surface area contributed by atoms with Crippen LogP contribution >= 0.6 is 11.3 Å². The van der Waals surface area contributed by atoms with E-state index < -0.39 is 0 Å². The molecule has 1 aromatic rings. The van der Waals surface area contributed by atoms with Gasteiger partial charge < -0.3 is 5.32 Å². The fourth-order valence-electron chi connectivity index (χ4n) is 0.973. The summed E-state index contributed by atoms with van der Waals surface area (Å²) in [6.07, 6.45) is 0.590. The van der Waals surface area contributed by atoms with Crippen LogP contribution in [0.5, 0.6) is 0 Å². The van der Waals surface area contributed by atoms with E-state index in [4.69, 9.17) is 0 Å². The van der Waals surface area contributed by atoms with Crippen molar-refractivity contribution in [3.05, 3.63) is 21.9 Å². The SMILES string of the molecule is CNCCC(=O)c1csc(C)c1. The molecule has 1 aromatic heterocycles. The van der Waals surface area contributed by atoms with Gasteiger partial charge in [0.15, 0.2) is 5.78 Å². The van der Waals surface area contributed by atoms with Crippen molar-refractivity contribution in [1.29, 1.82) is 0 Å². The maximum Gasteiger partial charge on any atom is 0.164 e. The van der Waals surface area contributed by atoms with Gasteiger partial charge in [-0.2, -0.15) is 0 Å². The number of rotatable bonds is 4. The Morgan fingerprint density at radius 3 is 2.92 bits per heavy atom. The van der Waals surface area contributed by atoms with Gasteiger partial charge in [-0.05, 0) is 20.0 Å². The summed E-state index contributed by atoms with van der Waals surface area (Å²) in [6, 6.07) is 1.95. The van der Waals surface area contributed by atoms with E-state index in [1.54, 1.807) is 11.3 Å². The van der Waals surface area contributed by atoms with E-state index in [0.717, 1.165) is 12.1 Å². The van der Waals surface area contributed by atoms with Crippen LogP contribution in [0.15, 0.2) is 11.4 Å². The highest BCUT2D eigenvalue weighted by molar-refractivity contribution is 7.10. The molecular formula is C9H13NOS. The minimum absolute atomic E-state index is 0.230. The Hall–Kier alpha value is -0.670. The van der Waals surface area contributed by atoms with E-state index in [1.165, 1.54) is 4.88 Å². The lowest BCUT2D eigenvalue weighted by Crippen LogP contribution is -2.12. The predicted molar refractivity (Wildman–Crippen MR) is 51.9 cm³/mol. The van der Waals surface area contributed by atoms with Crippen LogP contribution in [0, 0.1) is 6.92 Å². The van der Waals surface area contributed by atoms with E-state index in [-0.39, 0.29) is 5.78 Å². The molecule has 0 saturated heterocycles. The lowest BCUT2D eigenvalue weighted by Gasteiger charge is -1.95. The Morgan fingerprint density at radius 1 is 1.67 bits per heavy atom. The molecule has 0 amide bonds. The zero-order chi connectivity index (χ0) is 8.97. The standard InChI is InChI=1S/C9H13NOS/c1-7-5-8(6-12-7)9(11)3-4-10-2/h5-6,10H,3-4H2,1-2H3. The molecule has 66 valence electrons. The van der Waals surface area contributed by atoms with Gasteiger partial charge in [0.25, 0.3) is 0 Å². The van der Waals surface area contributed by atoms with Gasteiger partial charge in [-0.15, -0.1) is 11.3 Å². The highest BCUT2D eigenvalue weighted by Gasteiger charge is 2.05. The molecule has 0 spiro atoms. The molecule has 0 radical (unpaired) electrons. The monoisotopic (exact) mass is 183 g/mol. The molecule has 12 heavy (non-hydrogen) atoms. The van der Waals surface area contributed by atoms with E-state index in [9.17, 15) is 4.79 Å². The molecule has 1 heterocycles. The Balaban J connectivity index is 2.53. The second-order valence-electron chi connectivity index (χ2n) is 2.72. The summed E-state index contributed by atoms with van der Waals surface area (Å²) < 4.78 is 0. The summed E-state index contributed by atoms with van der Waals surface area (Å²) in [5.74, 6) is 0.230. The van der Waals surface area contributed by atoms with Crippen LogP contribution in [0.2, 0.25) is 0 Å². The van der Waals surface area contributed by atoms with Crippen molar-refractivity contribution in [2.45, 2.75) is 13.3 Å². The average molecular weight is 183 g/mol. The Bertz CT molecular complexity index is 267. The smallest absolute Gasteiger partial charge is 0.164 e. The van der Waals surface area contributed by atoms with Crippen molar-refractivity contribution in [3.63, 3.8) is 0 Å². The first-order valence-corrected chi connectivity index (χ1v) is 4.85. The molecule has 0 aromatic carbocycles. The summed E-state index contributed by atoms with van der Waals surface area (Å²) in [5.41, 5.74) is 0.854. The van der Waals surface area contributed by atoms with E-state index in [1.807, 2.05) is 25.4 Å². The Labute approximate surface area is 76.6 Å². The number of hydrogen-bond donors (Lipinski definition) is 1. The van der Waals surface area contributed by atoms with Crippen LogP contribution < -0.4 is 5.32 Å².